The topological polar surface area (TPSA) is 152 Å². The van der Waals surface area contributed by atoms with Gasteiger partial charge in [0.15, 0.2) is 17.4 Å². The smallest absolute Gasteiger partial charge is 0.242 e. The number of fused-ring (bicyclic) bond motifs is 1. The molecule has 3 aromatic carbocycles. The van der Waals surface area contributed by atoms with E-state index in [1.54, 1.807) is 26.4 Å². The number of nitrogens with zero attached hydrogens (tertiary/aromatic N) is 4. The van der Waals surface area contributed by atoms with Crippen LogP contribution in [0, 0.1) is 0 Å². The molecule has 42 heavy (non-hydrogen) atoms. The molecule has 5 atom stereocenters. The summed E-state index contributed by atoms with van der Waals surface area (Å²) in [6, 6.07) is 23.9. The molecule has 2 aromatic heterocycles. The molecule has 1 fully saturated rings. The van der Waals surface area contributed by atoms with Crippen LogP contribution in [0.2, 0.25) is 0 Å². The van der Waals surface area contributed by atoms with Crippen LogP contribution in [0.25, 0.3) is 11.2 Å². The second-order valence-electron chi connectivity index (χ2n) is 10.0. The van der Waals surface area contributed by atoms with Gasteiger partial charge in [0.25, 0.3) is 0 Å². The second kappa shape index (κ2) is 11.0. The minimum absolute atomic E-state index is 0.105. The minimum atomic E-state index is -1.54. The van der Waals surface area contributed by atoms with Crippen molar-refractivity contribution in [3.63, 3.8) is 0 Å². The number of benzene rings is 3. The molecule has 0 aliphatic carbocycles. The summed E-state index contributed by atoms with van der Waals surface area (Å²) in [4.78, 5) is 12.1. The molecule has 1 saturated heterocycles. The van der Waals surface area contributed by atoms with Crippen molar-refractivity contribution in [2.75, 3.05) is 14.2 Å². The van der Waals surface area contributed by atoms with Crippen LogP contribution in [-0.4, -0.2) is 78.6 Å². The Kier molecular flexibility index (Phi) is 7.25. The average Bonchev–Trinajstić information content (AvgIpc) is 3.59. The fraction of sp³-hybridized carbons (Fsp3) is 0.258. The van der Waals surface area contributed by atoms with Crippen LogP contribution in [0.15, 0.2) is 91.5 Å². The highest BCUT2D eigenvalue weighted by Gasteiger charge is 2.56. The molecule has 6 rings (SSSR count). The standard InChI is InChI=1S/C31H30N4O7/c1-40-21-14-8-6-12-19(21)31(18-10-4-3-5-11-18,20-13-7-9-15-22(20)41-2)27(38)26-24(36)25(37)30(42-26)35-17-34-23-28(35)32-16-33-29(23)39/h3-17,24-27,30,36-38H,1-2H3,(H,32,33,39)/t24-,25+,26-,27?,30+/m0/s1. The predicted octanol–water partition coefficient (Wildman–Crippen LogP) is 2.56. The lowest BCUT2D eigenvalue weighted by Crippen LogP contribution is -2.52. The SMILES string of the molecule is COc1ccccc1C(c1ccccc1)(c1ccccc1OC)C(O)[C@H]1O[C@@H](n2cnc3c(O)ncnc32)[C@H](O)[C@@H]1O. The molecule has 11 nitrogen and oxygen atoms in total. The molecule has 3 heterocycles. The van der Waals surface area contributed by atoms with E-state index in [4.69, 9.17) is 14.2 Å². The monoisotopic (exact) mass is 570 g/mol. The van der Waals surface area contributed by atoms with Crippen molar-refractivity contribution in [1.29, 1.82) is 0 Å². The summed E-state index contributed by atoms with van der Waals surface area (Å²) in [5.74, 6) is 0.645. The maximum atomic E-state index is 12.6. The summed E-state index contributed by atoms with van der Waals surface area (Å²) in [7, 11) is 3.09. The predicted molar refractivity (Wildman–Crippen MR) is 151 cm³/mol. The highest BCUT2D eigenvalue weighted by molar-refractivity contribution is 5.75. The molecule has 1 unspecified atom stereocenters. The maximum absolute atomic E-state index is 12.6. The van der Waals surface area contributed by atoms with Crippen molar-refractivity contribution >= 4 is 11.2 Å². The highest BCUT2D eigenvalue weighted by Crippen LogP contribution is 2.51. The quantitative estimate of drug-likeness (QED) is 0.205. The molecule has 216 valence electrons. The van der Waals surface area contributed by atoms with Gasteiger partial charge in [0.05, 0.1) is 26.0 Å². The van der Waals surface area contributed by atoms with Gasteiger partial charge in [-0.05, 0) is 17.7 Å². The number of methoxy groups -OCH3 is 2. The number of aromatic nitrogens is 4. The molecule has 0 bridgehead atoms. The van der Waals surface area contributed by atoms with Gasteiger partial charge in [-0.2, -0.15) is 4.98 Å². The molecule has 0 amide bonds. The second-order valence-corrected chi connectivity index (χ2v) is 10.0. The number of para-hydroxylation sites is 2. The van der Waals surface area contributed by atoms with Gasteiger partial charge in [0.2, 0.25) is 5.88 Å². The number of imidazole rings is 1. The van der Waals surface area contributed by atoms with E-state index in [0.29, 0.717) is 28.2 Å². The summed E-state index contributed by atoms with van der Waals surface area (Å²) in [5.41, 5.74) is 0.737. The number of ether oxygens (including phenoxy) is 3. The maximum Gasteiger partial charge on any atom is 0.242 e. The molecule has 4 N–H and O–H groups in total. The van der Waals surface area contributed by atoms with Crippen LogP contribution in [0.5, 0.6) is 17.4 Å². The zero-order valence-electron chi connectivity index (χ0n) is 22.8. The van der Waals surface area contributed by atoms with Crippen molar-refractivity contribution in [1.82, 2.24) is 19.5 Å². The van der Waals surface area contributed by atoms with Crippen molar-refractivity contribution in [3.8, 4) is 17.4 Å². The van der Waals surface area contributed by atoms with Crippen LogP contribution in [0.1, 0.15) is 22.9 Å². The van der Waals surface area contributed by atoms with E-state index in [1.165, 1.54) is 10.9 Å². The number of hydrogen-bond donors (Lipinski definition) is 4. The largest absolute Gasteiger partial charge is 0.496 e. The van der Waals surface area contributed by atoms with E-state index in [2.05, 4.69) is 15.0 Å². The number of hydrogen-bond acceptors (Lipinski definition) is 10. The zero-order valence-corrected chi connectivity index (χ0v) is 22.8. The van der Waals surface area contributed by atoms with Crippen LogP contribution in [0.3, 0.4) is 0 Å². The number of aliphatic hydroxyl groups excluding tert-OH is 3. The van der Waals surface area contributed by atoms with Gasteiger partial charge >= 0.3 is 0 Å². The molecule has 1 aliphatic rings. The van der Waals surface area contributed by atoms with E-state index in [-0.39, 0.29) is 17.0 Å². The Labute approximate surface area is 241 Å². The Morgan fingerprint density at radius 3 is 2.02 bits per heavy atom. The minimum Gasteiger partial charge on any atom is -0.496 e. The summed E-state index contributed by atoms with van der Waals surface area (Å²) in [6.45, 7) is 0. The summed E-state index contributed by atoms with van der Waals surface area (Å²) >= 11 is 0. The zero-order chi connectivity index (χ0) is 29.4. The first kappa shape index (κ1) is 27.6. The van der Waals surface area contributed by atoms with Gasteiger partial charge in [-0.25, -0.2) is 9.97 Å². The molecular formula is C31H30N4O7. The van der Waals surface area contributed by atoms with Crippen LogP contribution in [0.4, 0.5) is 0 Å². The van der Waals surface area contributed by atoms with Crippen LogP contribution in [-0.2, 0) is 10.2 Å². The van der Waals surface area contributed by atoms with Gasteiger partial charge in [0.1, 0.15) is 42.2 Å². The van der Waals surface area contributed by atoms with Gasteiger partial charge < -0.3 is 34.6 Å². The molecule has 0 saturated carbocycles. The van der Waals surface area contributed by atoms with E-state index in [1.807, 2.05) is 66.7 Å². The molecule has 5 aromatic rings. The van der Waals surface area contributed by atoms with Gasteiger partial charge in [-0.1, -0.05) is 66.7 Å². The van der Waals surface area contributed by atoms with E-state index < -0.39 is 36.1 Å². The lowest BCUT2D eigenvalue weighted by Gasteiger charge is -2.43. The third kappa shape index (κ3) is 4.17. The van der Waals surface area contributed by atoms with E-state index in [0.717, 1.165) is 6.33 Å². The lowest BCUT2D eigenvalue weighted by atomic mass is 9.63. The fourth-order valence-electron chi connectivity index (χ4n) is 6.04. The third-order valence-electron chi connectivity index (χ3n) is 7.94. The molecule has 11 heteroatoms. The van der Waals surface area contributed by atoms with E-state index >= 15 is 0 Å². The Bertz CT molecular complexity index is 1650. The van der Waals surface area contributed by atoms with Crippen molar-refractivity contribution in [3.05, 3.63) is 108 Å². The Morgan fingerprint density at radius 2 is 1.40 bits per heavy atom. The van der Waals surface area contributed by atoms with E-state index in [9.17, 15) is 20.4 Å². The summed E-state index contributed by atoms with van der Waals surface area (Å²) in [5, 5.41) is 45.5. The van der Waals surface area contributed by atoms with Crippen molar-refractivity contribution in [2.45, 2.75) is 36.1 Å². The van der Waals surface area contributed by atoms with Crippen LogP contribution >= 0.6 is 0 Å². The number of aliphatic hydroxyl groups is 3. The number of rotatable bonds is 8. The summed E-state index contributed by atoms with van der Waals surface area (Å²) < 4.78 is 19.3. The first-order valence-corrected chi connectivity index (χ1v) is 13.3. The molecule has 0 spiro atoms. The lowest BCUT2D eigenvalue weighted by molar-refractivity contribution is -0.0976. The van der Waals surface area contributed by atoms with Crippen molar-refractivity contribution < 1.29 is 34.6 Å². The van der Waals surface area contributed by atoms with Gasteiger partial charge in [0, 0.05) is 11.1 Å². The van der Waals surface area contributed by atoms with Crippen LogP contribution < -0.4 is 9.47 Å². The molecule has 1 aliphatic heterocycles. The number of aromatic hydroxyl groups is 1. The average molecular weight is 571 g/mol. The third-order valence-corrected chi connectivity index (χ3v) is 7.94. The van der Waals surface area contributed by atoms with Gasteiger partial charge in [-0.3, -0.25) is 4.57 Å². The first-order valence-electron chi connectivity index (χ1n) is 13.3. The Morgan fingerprint density at radius 1 is 0.810 bits per heavy atom. The molecular weight excluding hydrogens is 540 g/mol. The highest BCUT2D eigenvalue weighted by atomic mass is 16.6. The Balaban J connectivity index is 1.57. The summed E-state index contributed by atoms with van der Waals surface area (Å²) in [6.07, 6.45) is -4.55. The fourth-order valence-corrected chi connectivity index (χ4v) is 6.04. The first-order chi connectivity index (χ1) is 20.4. The molecule has 0 radical (unpaired) electrons. The Hall–Kier alpha value is -4.55. The normalized spacial score (nSPS) is 21.4. The van der Waals surface area contributed by atoms with Crippen molar-refractivity contribution in [2.24, 2.45) is 0 Å². The van der Waals surface area contributed by atoms with Gasteiger partial charge in [-0.15, -0.1) is 0 Å².